The maximum Gasteiger partial charge on any atom is 0.275 e. The van der Waals surface area contributed by atoms with E-state index in [9.17, 15) is 9.59 Å². The van der Waals surface area contributed by atoms with Gasteiger partial charge in [-0.2, -0.15) is 5.10 Å². The summed E-state index contributed by atoms with van der Waals surface area (Å²) in [6.07, 6.45) is 9.96. The number of aromatic nitrogens is 2. The van der Waals surface area contributed by atoms with Crippen molar-refractivity contribution in [3.8, 4) is 0 Å². The molecule has 4 rings (SSSR count). The zero-order valence-electron chi connectivity index (χ0n) is 17.2. The second kappa shape index (κ2) is 10.0. The summed E-state index contributed by atoms with van der Waals surface area (Å²) in [4.78, 5) is 27.4. The van der Waals surface area contributed by atoms with E-state index >= 15 is 0 Å². The van der Waals surface area contributed by atoms with E-state index in [4.69, 9.17) is 16.3 Å². The molecule has 0 bridgehead atoms. The van der Waals surface area contributed by atoms with Crippen LogP contribution >= 0.6 is 27.5 Å². The summed E-state index contributed by atoms with van der Waals surface area (Å²) in [5, 5.41) is 8.03. The van der Waals surface area contributed by atoms with Crippen LogP contribution in [0.15, 0.2) is 4.60 Å². The number of likely N-dealkylation sites (tertiary alicyclic amines) is 1. The van der Waals surface area contributed by atoms with Gasteiger partial charge in [-0.15, -0.1) is 0 Å². The van der Waals surface area contributed by atoms with E-state index in [2.05, 4.69) is 26.3 Å². The molecule has 0 aromatic carbocycles. The van der Waals surface area contributed by atoms with E-state index < -0.39 is 0 Å². The fourth-order valence-corrected chi connectivity index (χ4v) is 5.40. The third-order valence-electron chi connectivity index (χ3n) is 6.53. The van der Waals surface area contributed by atoms with E-state index in [1.807, 2.05) is 0 Å². The maximum atomic E-state index is 13.1. The lowest BCUT2D eigenvalue weighted by molar-refractivity contribution is -0.127. The van der Waals surface area contributed by atoms with Gasteiger partial charge in [0.15, 0.2) is 11.9 Å². The summed E-state index contributed by atoms with van der Waals surface area (Å²) >= 11 is 9.91. The lowest BCUT2D eigenvalue weighted by atomic mass is 9.92. The summed E-state index contributed by atoms with van der Waals surface area (Å²) in [6.45, 7) is 1.78. The van der Waals surface area contributed by atoms with Crippen LogP contribution in [0.2, 0.25) is 5.02 Å². The molecule has 3 fully saturated rings. The number of halogens is 2. The van der Waals surface area contributed by atoms with Crippen LogP contribution in [-0.2, 0) is 9.53 Å². The molecule has 0 spiro atoms. The molecule has 9 heteroatoms. The van der Waals surface area contributed by atoms with Crippen LogP contribution in [-0.4, -0.2) is 52.2 Å². The Morgan fingerprint density at radius 1 is 1.03 bits per heavy atom. The molecule has 3 heterocycles. The summed E-state index contributed by atoms with van der Waals surface area (Å²) in [5.74, 6) is -0.0544. The number of hydrogen-bond donors (Lipinski definition) is 1. The standard InChI is InChI=1S/C21H30BrClN4O3/c22-19-17(23)18(25-27(19)16-8-4-5-13-30-16)21(29)26-11-9-14(10-12-26)20(28)24-15-6-2-1-3-7-15/h14-16H,1-13H2,(H,24,28). The molecule has 30 heavy (non-hydrogen) atoms. The van der Waals surface area contributed by atoms with Gasteiger partial charge in [0, 0.05) is 31.7 Å². The summed E-state index contributed by atoms with van der Waals surface area (Å²) in [5.41, 5.74) is 0.253. The van der Waals surface area contributed by atoms with Crippen LogP contribution in [0.5, 0.6) is 0 Å². The van der Waals surface area contributed by atoms with Gasteiger partial charge in [0.05, 0.1) is 0 Å². The Hall–Kier alpha value is -1.12. The Morgan fingerprint density at radius 2 is 1.73 bits per heavy atom. The second-order valence-electron chi connectivity index (χ2n) is 8.63. The van der Waals surface area contributed by atoms with E-state index in [0.717, 1.165) is 32.1 Å². The van der Waals surface area contributed by atoms with Crippen molar-refractivity contribution in [3.63, 3.8) is 0 Å². The highest BCUT2D eigenvalue weighted by atomic mass is 79.9. The van der Waals surface area contributed by atoms with E-state index in [-0.39, 0.29) is 29.7 Å². The van der Waals surface area contributed by atoms with Crippen molar-refractivity contribution < 1.29 is 14.3 Å². The number of ether oxygens (including phenoxy) is 1. The van der Waals surface area contributed by atoms with E-state index in [0.29, 0.717) is 48.2 Å². The van der Waals surface area contributed by atoms with Gasteiger partial charge in [-0.05, 0) is 60.9 Å². The Labute approximate surface area is 191 Å². The van der Waals surface area contributed by atoms with Gasteiger partial charge < -0.3 is 15.0 Å². The van der Waals surface area contributed by atoms with Crippen LogP contribution in [0.3, 0.4) is 0 Å². The maximum absolute atomic E-state index is 13.1. The van der Waals surface area contributed by atoms with Crippen LogP contribution in [0.25, 0.3) is 0 Å². The average Bonchev–Trinajstić information content (AvgIpc) is 3.09. The summed E-state index contributed by atoms with van der Waals surface area (Å²) in [7, 11) is 0. The molecule has 1 unspecified atom stereocenters. The van der Waals surface area contributed by atoms with Crippen molar-refractivity contribution in [2.75, 3.05) is 19.7 Å². The van der Waals surface area contributed by atoms with Crippen molar-refractivity contribution in [2.24, 2.45) is 5.92 Å². The van der Waals surface area contributed by atoms with Crippen LogP contribution < -0.4 is 5.32 Å². The fourth-order valence-electron chi connectivity index (χ4n) is 4.70. The smallest absolute Gasteiger partial charge is 0.275 e. The van der Waals surface area contributed by atoms with Crippen molar-refractivity contribution in [1.82, 2.24) is 20.0 Å². The first-order chi connectivity index (χ1) is 14.5. The fraction of sp³-hybridized carbons (Fsp3) is 0.762. The Morgan fingerprint density at radius 3 is 2.40 bits per heavy atom. The molecular weight excluding hydrogens is 472 g/mol. The molecule has 1 atom stereocenters. The Kier molecular flexibility index (Phi) is 7.36. The number of nitrogens with zero attached hydrogens (tertiary/aromatic N) is 3. The molecule has 166 valence electrons. The minimum absolute atomic E-state index is 0.0219. The van der Waals surface area contributed by atoms with Crippen molar-refractivity contribution in [1.29, 1.82) is 0 Å². The highest BCUT2D eigenvalue weighted by Crippen LogP contribution is 2.33. The minimum atomic E-state index is -0.193. The number of piperidine rings is 1. The Bertz CT molecular complexity index is 767. The van der Waals surface area contributed by atoms with Gasteiger partial charge in [-0.3, -0.25) is 9.59 Å². The number of carbonyl (C=O) groups excluding carboxylic acids is 2. The molecule has 2 amide bonds. The molecule has 1 aromatic heterocycles. The predicted octanol–water partition coefficient (Wildman–Crippen LogP) is 4.30. The molecule has 7 nitrogen and oxygen atoms in total. The normalized spacial score (nSPS) is 24.1. The third-order valence-corrected chi connectivity index (χ3v) is 7.88. The zero-order valence-corrected chi connectivity index (χ0v) is 19.6. The van der Waals surface area contributed by atoms with Crippen LogP contribution in [0.4, 0.5) is 0 Å². The van der Waals surface area contributed by atoms with Crippen molar-refractivity contribution in [2.45, 2.75) is 76.5 Å². The van der Waals surface area contributed by atoms with Crippen molar-refractivity contribution >= 4 is 39.3 Å². The van der Waals surface area contributed by atoms with Gasteiger partial charge >= 0.3 is 0 Å². The summed E-state index contributed by atoms with van der Waals surface area (Å²) in [6, 6.07) is 0.327. The summed E-state index contributed by atoms with van der Waals surface area (Å²) < 4.78 is 8.05. The van der Waals surface area contributed by atoms with Gasteiger partial charge in [-0.25, -0.2) is 4.68 Å². The molecular formula is C21H30BrClN4O3. The highest BCUT2D eigenvalue weighted by Gasteiger charge is 2.33. The molecule has 2 aliphatic heterocycles. The second-order valence-corrected chi connectivity index (χ2v) is 9.76. The third kappa shape index (κ3) is 4.86. The van der Waals surface area contributed by atoms with Gasteiger partial charge in [0.1, 0.15) is 9.63 Å². The molecule has 1 aliphatic carbocycles. The lowest BCUT2D eigenvalue weighted by Gasteiger charge is -2.32. The first-order valence-corrected chi connectivity index (χ1v) is 12.4. The molecule has 1 aromatic rings. The lowest BCUT2D eigenvalue weighted by Crippen LogP contribution is -2.45. The van der Waals surface area contributed by atoms with Gasteiger partial charge in [0.2, 0.25) is 5.91 Å². The minimum Gasteiger partial charge on any atom is -0.356 e. The molecule has 3 aliphatic rings. The number of rotatable bonds is 4. The molecule has 1 saturated carbocycles. The molecule has 0 radical (unpaired) electrons. The number of carbonyl (C=O) groups is 2. The van der Waals surface area contributed by atoms with Gasteiger partial charge in [0.25, 0.3) is 5.91 Å². The first-order valence-electron chi connectivity index (χ1n) is 11.2. The predicted molar refractivity (Wildman–Crippen MR) is 117 cm³/mol. The van der Waals surface area contributed by atoms with Crippen LogP contribution in [0, 0.1) is 5.92 Å². The number of amides is 2. The first kappa shape index (κ1) is 22.1. The van der Waals surface area contributed by atoms with Crippen LogP contribution in [0.1, 0.15) is 80.9 Å². The highest BCUT2D eigenvalue weighted by molar-refractivity contribution is 9.10. The Balaban J connectivity index is 1.34. The topological polar surface area (TPSA) is 76.5 Å². The quantitative estimate of drug-likeness (QED) is 0.667. The zero-order chi connectivity index (χ0) is 21.1. The van der Waals surface area contributed by atoms with E-state index in [1.165, 1.54) is 19.3 Å². The average molecular weight is 502 g/mol. The van der Waals surface area contributed by atoms with Crippen molar-refractivity contribution in [3.05, 3.63) is 15.3 Å². The molecule has 1 N–H and O–H groups in total. The number of nitrogens with one attached hydrogen (secondary N) is 1. The van der Waals surface area contributed by atoms with Gasteiger partial charge in [-0.1, -0.05) is 30.9 Å². The molecule has 2 saturated heterocycles. The number of hydrogen-bond acceptors (Lipinski definition) is 4. The SMILES string of the molecule is O=C(NC1CCCCC1)C1CCN(C(=O)c2nn(C3CCCCO3)c(Br)c2Cl)CC1. The largest absolute Gasteiger partial charge is 0.356 e. The monoisotopic (exact) mass is 500 g/mol. The van der Waals surface area contributed by atoms with E-state index in [1.54, 1.807) is 9.58 Å².